The fourth-order valence-corrected chi connectivity index (χ4v) is 1.67. The number of amides is 1. The van der Waals surface area contributed by atoms with Crippen molar-refractivity contribution in [2.45, 2.75) is 26.7 Å². The second-order valence-corrected chi connectivity index (χ2v) is 5.33. The van der Waals surface area contributed by atoms with Gasteiger partial charge in [0.1, 0.15) is 5.82 Å². The molecule has 0 atom stereocenters. The number of thiocarbonyl (C=S) groups is 1. The molecule has 0 saturated carbocycles. The Labute approximate surface area is 124 Å². The molecule has 0 aliphatic carbocycles. The maximum absolute atomic E-state index is 13.0. The summed E-state index contributed by atoms with van der Waals surface area (Å²) >= 11 is 5.01. The summed E-state index contributed by atoms with van der Waals surface area (Å²) in [5.74, 6) is -0.0365. The van der Waals surface area contributed by atoms with Crippen molar-refractivity contribution in [1.29, 1.82) is 0 Å². The zero-order valence-electron chi connectivity index (χ0n) is 11.7. The first-order valence-electron chi connectivity index (χ1n) is 6.54. The quantitative estimate of drug-likeness (QED) is 0.574. The molecule has 6 heteroatoms. The van der Waals surface area contributed by atoms with E-state index in [1.807, 2.05) is 0 Å². The molecule has 0 saturated heterocycles. The van der Waals surface area contributed by atoms with E-state index in [0.717, 1.165) is 13.0 Å². The lowest BCUT2D eigenvalue weighted by atomic mass is 10.1. The van der Waals surface area contributed by atoms with E-state index in [9.17, 15) is 9.18 Å². The minimum absolute atomic E-state index is 0.0966. The van der Waals surface area contributed by atoms with Gasteiger partial charge in [0.05, 0.1) is 6.42 Å². The Hall–Kier alpha value is -1.69. The molecule has 0 unspecified atom stereocenters. The molecule has 0 aliphatic rings. The Balaban J connectivity index is 2.24. The van der Waals surface area contributed by atoms with Crippen LogP contribution in [0.25, 0.3) is 0 Å². The summed E-state index contributed by atoms with van der Waals surface area (Å²) < 4.78 is 13.0. The molecule has 0 heterocycles. The molecular formula is C14H20FN3OS. The Morgan fingerprint density at radius 3 is 2.75 bits per heavy atom. The molecule has 0 spiro atoms. The van der Waals surface area contributed by atoms with E-state index >= 15 is 0 Å². The first kappa shape index (κ1) is 16.4. The topological polar surface area (TPSA) is 53.2 Å². The molecule has 0 aliphatic heterocycles. The number of hydrogen-bond acceptors (Lipinski definition) is 2. The number of hydrazine groups is 1. The summed E-state index contributed by atoms with van der Waals surface area (Å²) in [4.78, 5) is 11.6. The average Bonchev–Trinajstić information content (AvgIpc) is 2.36. The van der Waals surface area contributed by atoms with Gasteiger partial charge in [-0.15, -0.1) is 0 Å². The summed E-state index contributed by atoms with van der Waals surface area (Å²) in [6.07, 6.45) is 1.10. The van der Waals surface area contributed by atoms with E-state index in [0.29, 0.717) is 16.6 Å². The van der Waals surface area contributed by atoms with Gasteiger partial charge in [0.25, 0.3) is 0 Å². The fraction of sp³-hybridized carbons (Fsp3) is 0.429. The van der Waals surface area contributed by atoms with Gasteiger partial charge in [-0.3, -0.25) is 15.6 Å². The van der Waals surface area contributed by atoms with Gasteiger partial charge in [0, 0.05) is 6.54 Å². The van der Waals surface area contributed by atoms with Crippen molar-refractivity contribution in [1.82, 2.24) is 16.2 Å². The average molecular weight is 297 g/mol. The lowest BCUT2D eigenvalue weighted by Crippen LogP contribution is -2.47. The van der Waals surface area contributed by atoms with Gasteiger partial charge < -0.3 is 5.32 Å². The number of benzene rings is 1. The van der Waals surface area contributed by atoms with Gasteiger partial charge in [-0.05, 0) is 42.3 Å². The van der Waals surface area contributed by atoms with E-state index in [2.05, 4.69) is 30.0 Å². The predicted molar refractivity (Wildman–Crippen MR) is 81.4 cm³/mol. The summed E-state index contributed by atoms with van der Waals surface area (Å²) in [7, 11) is 0. The van der Waals surface area contributed by atoms with Crippen molar-refractivity contribution >= 4 is 23.2 Å². The van der Waals surface area contributed by atoms with Gasteiger partial charge in [-0.25, -0.2) is 4.39 Å². The predicted octanol–water partition coefficient (Wildman–Crippen LogP) is 1.91. The van der Waals surface area contributed by atoms with Crippen molar-refractivity contribution in [3.8, 4) is 0 Å². The second-order valence-electron chi connectivity index (χ2n) is 4.92. The molecule has 0 bridgehead atoms. The van der Waals surface area contributed by atoms with Crippen molar-refractivity contribution in [2.75, 3.05) is 6.54 Å². The smallest absolute Gasteiger partial charge is 0.242 e. The number of carbonyl (C=O) groups excluding carboxylic acids is 1. The monoisotopic (exact) mass is 297 g/mol. The van der Waals surface area contributed by atoms with Crippen LogP contribution in [0.3, 0.4) is 0 Å². The highest BCUT2D eigenvalue weighted by molar-refractivity contribution is 7.80. The van der Waals surface area contributed by atoms with Gasteiger partial charge in [-0.2, -0.15) is 0 Å². The largest absolute Gasteiger partial charge is 0.361 e. The molecular weight excluding hydrogens is 277 g/mol. The van der Waals surface area contributed by atoms with E-state index in [1.165, 1.54) is 12.1 Å². The van der Waals surface area contributed by atoms with Crippen molar-refractivity contribution in [2.24, 2.45) is 5.92 Å². The van der Waals surface area contributed by atoms with Crippen LogP contribution in [0.2, 0.25) is 0 Å². The molecule has 0 aromatic heterocycles. The number of carbonyl (C=O) groups is 1. The number of nitrogens with one attached hydrogen (secondary N) is 3. The van der Waals surface area contributed by atoms with Crippen molar-refractivity contribution in [3.63, 3.8) is 0 Å². The van der Waals surface area contributed by atoms with Gasteiger partial charge >= 0.3 is 0 Å². The van der Waals surface area contributed by atoms with Gasteiger partial charge in [0.15, 0.2) is 5.11 Å². The van der Waals surface area contributed by atoms with Crippen LogP contribution in [0.1, 0.15) is 25.8 Å². The Morgan fingerprint density at radius 2 is 2.10 bits per heavy atom. The van der Waals surface area contributed by atoms with Crippen LogP contribution in [-0.4, -0.2) is 17.6 Å². The van der Waals surface area contributed by atoms with E-state index in [1.54, 1.807) is 12.1 Å². The summed E-state index contributed by atoms with van der Waals surface area (Å²) in [5, 5.41) is 3.36. The lowest BCUT2D eigenvalue weighted by Gasteiger charge is -2.12. The maximum Gasteiger partial charge on any atom is 0.242 e. The standard InChI is InChI=1S/C14H20FN3OS/c1-10(2)6-7-16-14(20)18-17-13(19)9-11-4-3-5-12(15)8-11/h3-5,8,10H,6-7,9H2,1-2H3,(H,17,19)(H2,16,18,20). The van der Waals surface area contributed by atoms with Crippen LogP contribution in [0.15, 0.2) is 24.3 Å². The zero-order chi connectivity index (χ0) is 15.0. The zero-order valence-corrected chi connectivity index (χ0v) is 12.5. The minimum atomic E-state index is -0.353. The maximum atomic E-state index is 13.0. The minimum Gasteiger partial charge on any atom is -0.361 e. The molecule has 1 rings (SSSR count). The van der Waals surface area contributed by atoms with Crippen LogP contribution in [0.5, 0.6) is 0 Å². The molecule has 4 nitrogen and oxygen atoms in total. The van der Waals surface area contributed by atoms with Crippen molar-refractivity contribution < 1.29 is 9.18 Å². The molecule has 20 heavy (non-hydrogen) atoms. The van der Waals surface area contributed by atoms with Gasteiger partial charge in [-0.1, -0.05) is 26.0 Å². The van der Waals surface area contributed by atoms with Crippen LogP contribution in [0, 0.1) is 11.7 Å². The van der Waals surface area contributed by atoms with Gasteiger partial charge in [0.2, 0.25) is 5.91 Å². The Kier molecular flexibility index (Phi) is 6.93. The summed E-state index contributed by atoms with van der Waals surface area (Å²) in [6, 6.07) is 5.94. The number of rotatable bonds is 5. The van der Waals surface area contributed by atoms with E-state index in [-0.39, 0.29) is 18.1 Å². The third kappa shape index (κ3) is 7.04. The fourth-order valence-electron chi connectivity index (χ4n) is 1.52. The highest BCUT2D eigenvalue weighted by Crippen LogP contribution is 2.03. The van der Waals surface area contributed by atoms with E-state index in [4.69, 9.17) is 12.2 Å². The highest BCUT2D eigenvalue weighted by atomic mass is 32.1. The summed E-state index contributed by atoms with van der Waals surface area (Å²) in [6.45, 7) is 5.00. The number of hydrogen-bond donors (Lipinski definition) is 3. The molecule has 0 radical (unpaired) electrons. The van der Waals surface area contributed by atoms with Crippen LogP contribution < -0.4 is 16.2 Å². The third-order valence-electron chi connectivity index (χ3n) is 2.58. The Bertz CT molecular complexity index is 465. The first-order chi connectivity index (χ1) is 9.47. The third-order valence-corrected chi connectivity index (χ3v) is 2.82. The molecule has 3 N–H and O–H groups in total. The molecule has 0 fully saturated rings. The Morgan fingerprint density at radius 1 is 1.35 bits per heavy atom. The summed E-state index contributed by atoms with van der Waals surface area (Å²) in [5.41, 5.74) is 5.71. The second kappa shape index (κ2) is 8.47. The van der Waals surface area contributed by atoms with Crippen LogP contribution in [-0.2, 0) is 11.2 Å². The first-order valence-corrected chi connectivity index (χ1v) is 6.95. The molecule has 110 valence electrons. The normalized spacial score (nSPS) is 10.2. The molecule has 1 aromatic rings. The van der Waals surface area contributed by atoms with E-state index < -0.39 is 0 Å². The van der Waals surface area contributed by atoms with Crippen LogP contribution >= 0.6 is 12.2 Å². The van der Waals surface area contributed by atoms with Crippen molar-refractivity contribution in [3.05, 3.63) is 35.6 Å². The lowest BCUT2D eigenvalue weighted by molar-refractivity contribution is -0.121. The SMILES string of the molecule is CC(C)CCNC(=S)NNC(=O)Cc1cccc(F)c1. The van der Waals surface area contributed by atoms with Crippen LogP contribution in [0.4, 0.5) is 4.39 Å². The number of halogens is 1. The molecule has 1 amide bonds. The molecule has 1 aromatic carbocycles. The highest BCUT2D eigenvalue weighted by Gasteiger charge is 2.04.